The van der Waals surface area contributed by atoms with Crippen LogP contribution >= 0.6 is 0 Å². The molecule has 3 aromatic rings. The van der Waals surface area contributed by atoms with Gasteiger partial charge < -0.3 is 23.9 Å². The number of anilines is 1. The number of nitrogens with one attached hydrogen (secondary N) is 1. The average Bonchev–Trinajstić information content (AvgIpc) is 3.26. The topological polar surface area (TPSA) is 104 Å². The summed E-state index contributed by atoms with van der Waals surface area (Å²) in [7, 11) is 2.43. The van der Waals surface area contributed by atoms with Gasteiger partial charge in [-0.1, -0.05) is 18.2 Å². The first-order chi connectivity index (χ1) is 14.9. The number of para-hydroxylation sites is 1. The standard InChI is InChI=1S/C23H21NO7/c1-14-6-4-5-7-19(14)30-13-18-8-9-20(31-18)21(25)24-17-11-15(22(26)28-2)10-16(12-17)23(27)29-3/h4-12H,13H2,1-3H3,(H,24,25). The van der Waals surface area contributed by atoms with Crippen molar-refractivity contribution >= 4 is 23.5 Å². The van der Waals surface area contributed by atoms with E-state index in [-0.39, 0.29) is 29.2 Å². The first-order valence-corrected chi connectivity index (χ1v) is 9.31. The number of esters is 2. The zero-order chi connectivity index (χ0) is 22.4. The average molecular weight is 423 g/mol. The number of carbonyl (C=O) groups is 3. The molecular formula is C23H21NO7. The van der Waals surface area contributed by atoms with Gasteiger partial charge in [0, 0.05) is 5.69 Å². The van der Waals surface area contributed by atoms with E-state index in [2.05, 4.69) is 14.8 Å². The van der Waals surface area contributed by atoms with Gasteiger partial charge in [0.2, 0.25) is 0 Å². The van der Waals surface area contributed by atoms with Gasteiger partial charge in [-0.2, -0.15) is 0 Å². The predicted octanol–water partition coefficient (Wildman–Crippen LogP) is 3.99. The molecule has 160 valence electrons. The SMILES string of the molecule is COC(=O)c1cc(NC(=O)c2ccc(COc3ccccc3C)o2)cc(C(=O)OC)c1. The van der Waals surface area contributed by atoms with Crippen molar-refractivity contribution in [2.24, 2.45) is 0 Å². The quantitative estimate of drug-likeness (QED) is 0.573. The summed E-state index contributed by atoms with van der Waals surface area (Å²) in [6.45, 7) is 2.09. The van der Waals surface area contributed by atoms with Crippen molar-refractivity contribution in [2.45, 2.75) is 13.5 Å². The van der Waals surface area contributed by atoms with Crippen molar-refractivity contribution < 1.29 is 33.0 Å². The Hall–Kier alpha value is -4.07. The highest BCUT2D eigenvalue weighted by Gasteiger charge is 2.17. The molecule has 0 spiro atoms. The van der Waals surface area contributed by atoms with E-state index in [1.165, 1.54) is 38.5 Å². The Balaban J connectivity index is 1.73. The molecular weight excluding hydrogens is 402 g/mol. The minimum absolute atomic E-state index is 0.0477. The predicted molar refractivity (Wildman–Crippen MR) is 111 cm³/mol. The lowest BCUT2D eigenvalue weighted by atomic mass is 10.1. The number of hydrogen-bond donors (Lipinski definition) is 1. The molecule has 1 N–H and O–H groups in total. The molecule has 0 bridgehead atoms. The summed E-state index contributed by atoms with van der Waals surface area (Å²) in [5.41, 5.74) is 1.38. The van der Waals surface area contributed by atoms with Crippen LogP contribution in [0.5, 0.6) is 5.75 Å². The highest BCUT2D eigenvalue weighted by Crippen LogP contribution is 2.21. The molecule has 0 saturated heterocycles. The number of benzene rings is 2. The number of hydrogen-bond acceptors (Lipinski definition) is 7. The number of furan rings is 1. The van der Waals surface area contributed by atoms with Crippen LogP contribution < -0.4 is 10.1 Å². The molecule has 0 atom stereocenters. The lowest BCUT2D eigenvalue weighted by molar-refractivity contribution is 0.0599. The second-order valence-corrected chi connectivity index (χ2v) is 6.56. The van der Waals surface area contributed by atoms with Gasteiger partial charge in [0.05, 0.1) is 25.3 Å². The van der Waals surface area contributed by atoms with E-state index in [9.17, 15) is 14.4 Å². The summed E-state index contributed by atoms with van der Waals surface area (Å²) in [6, 6.07) is 14.8. The second-order valence-electron chi connectivity index (χ2n) is 6.56. The molecule has 8 nitrogen and oxygen atoms in total. The van der Waals surface area contributed by atoms with E-state index < -0.39 is 17.8 Å². The third-order valence-electron chi connectivity index (χ3n) is 4.38. The molecule has 0 aliphatic heterocycles. The fraction of sp³-hybridized carbons (Fsp3) is 0.174. The molecule has 3 rings (SSSR count). The van der Waals surface area contributed by atoms with E-state index in [4.69, 9.17) is 9.15 Å². The van der Waals surface area contributed by atoms with Gasteiger partial charge in [0.15, 0.2) is 5.76 Å². The number of aryl methyl sites for hydroxylation is 1. The lowest BCUT2D eigenvalue weighted by Crippen LogP contribution is -2.13. The third kappa shape index (κ3) is 5.30. The van der Waals surface area contributed by atoms with Crippen molar-refractivity contribution in [3.8, 4) is 5.75 Å². The van der Waals surface area contributed by atoms with Crippen molar-refractivity contribution in [1.29, 1.82) is 0 Å². The fourth-order valence-corrected chi connectivity index (χ4v) is 2.81. The van der Waals surface area contributed by atoms with Crippen LogP contribution in [0, 0.1) is 6.92 Å². The Morgan fingerprint density at radius 2 is 1.55 bits per heavy atom. The monoisotopic (exact) mass is 423 g/mol. The van der Waals surface area contributed by atoms with E-state index in [0.29, 0.717) is 5.76 Å². The maximum absolute atomic E-state index is 12.6. The Morgan fingerprint density at radius 1 is 0.903 bits per heavy atom. The Labute approximate surface area is 178 Å². The zero-order valence-electron chi connectivity index (χ0n) is 17.3. The molecule has 0 aliphatic rings. The second kappa shape index (κ2) is 9.62. The molecule has 0 unspecified atom stereocenters. The lowest BCUT2D eigenvalue weighted by Gasteiger charge is -2.09. The van der Waals surface area contributed by atoms with Gasteiger partial charge in [-0.05, 0) is 48.9 Å². The number of carbonyl (C=O) groups excluding carboxylic acids is 3. The molecule has 31 heavy (non-hydrogen) atoms. The van der Waals surface area contributed by atoms with Gasteiger partial charge in [-0.15, -0.1) is 0 Å². The largest absolute Gasteiger partial charge is 0.485 e. The van der Waals surface area contributed by atoms with E-state index in [1.54, 1.807) is 6.07 Å². The fourth-order valence-electron chi connectivity index (χ4n) is 2.81. The van der Waals surface area contributed by atoms with Crippen LogP contribution in [-0.2, 0) is 16.1 Å². The highest BCUT2D eigenvalue weighted by molar-refractivity contribution is 6.04. The van der Waals surface area contributed by atoms with Gasteiger partial charge >= 0.3 is 11.9 Å². The summed E-state index contributed by atoms with van der Waals surface area (Å²) in [5.74, 6) is -0.636. The van der Waals surface area contributed by atoms with E-state index >= 15 is 0 Å². The third-order valence-corrected chi connectivity index (χ3v) is 4.38. The number of rotatable bonds is 7. The molecule has 1 aromatic heterocycles. The van der Waals surface area contributed by atoms with Crippen LogP contribution in [0.25, 0.3) is 0 Å². The van der Waals surface area contributed by atoms with Crippen LogP contribution in [0.3, 0.4) is 0 Å². The molecule has 8 heteroatoms. The summed E-state index contributed by atoms with van der Waals surface area (Å²) in [5, 5.41) is 2.60. The molecule has 2 aromatic carbocycles. The van der Waals surface area contributed by atoms with Gasteiger partial charge in [-0.25, -0.2) is 9.59 Å². The molecule has 0 aliphatic carbocycles. The molecule has 1 amide bonds. The smallest absolute Gasteiger partial charge is 0.337 e. The van der Waals surface area contributed by atoms with Gasteiger partial charge in [-0.3, -0.25) is 4.79 Å². The molecule has 0 saturated carbocycles. The Bertz CT molecular complexity index is 1080. The highest BCUT2D eigenvalue weighted by atomic mass is 16.5. The van der Waals surface area contributed by atoms with Crippen molar-refractivity contribution in [2.75, 3.05) is 19.5 Å². The summed E-state index contributed by atoms with van der Waals surface area (Å²) < 4.78 is 20.6. The van der Waals surface area contributed by atoms with Crippen LogP contribution in [0.15, 0.2) is 59.0 Å². The molecule has 0 fully saturated rings. The maximum atomic E-state index is 12.6. The molecule has 1 heterocycles. The minimum atomic E-state index is -0.658. The van der Waals surface area contributed by atoms with Crippen LogP contribution in [0.4, 0.5) is 5.69 Å². The van der Waals surface area contributed by atoms with Crippen molar-refractivity contribution in [1.82, 2.24) is 0 Å². The van der Waals surface area contributed by atoms with Gasteiger partial charge in [0.1, 0.15) is 18.1 Å². The van der Waals surface area contributed by atoms with E-state index in [1.807, 2.05) is 31.2 Å². The first-order valence-electron chi connectivity index (χ1n) is 9.31. The van der Waals surface area contributed by atoms with E-state index in [0.717, 1.165) is 11.3 Å². The van der Waals surface area contributed by atoms with Crippen LogP contribution in [-0.4, -0.2) is 32.1 Å². The molecule has 0 radical (unpaired) electrons. The first kappa shape index (κ1) is 21.6. The zero-order valence-corrected chi connectivity index (χ0v) is 17.3. The van der Waals surface area contributed by atoms with Crippen molar-refractivity contribution in [3.05, 3.63) is 82.8 Å². The Morgan fingerprint density at radius 3 is 2.16 bits per heavy atom. The van der Waals surface area contributed by atoms with Crippen molar-refractivity contribution in [3.63, 3.8) is 0 Å². The number of ether oxygens (including phenoxy) is 3. The van der Waals surface area contributed by atoms with Crippen LogP contribution in [0.2, 0.25) is 0 Å². The van der Waals surface area contributed by atoms with Crippen LogP contribution in [0.1, 0.15) is 42.6 Å². The maximum Gasteiger partial charge on any atom is 0.337 e. The number of methoxy groups -OCH3 is 2. The summed E-state index contributed by atoms with van der Waals surface area (Å²) in [6.07, 6.45) is 0. The minimum Gasteiger partial charge on any atom is -0.485 e. The Kier molecular flexibility index (Phi) is 6.71. The normalized spacial score (nSPS) is 10.3. The summed E-state index contributed by atoms with van der Waals surface area (Å²) in [4.78, 5) is 36.3. The van der Waals surface area contributed by atoms with Gasteiger partial charge in [0.25, 0.3) is 5.91 Å². The number of amides is 1. The summed E-state index contributed by atoms with van der Waals surface area (Å²) >= 11 is 0.